The van der Waals surface area contributed by atoms with Gasteiger partial charge in [-0.2, -0.15) is 0 Å². The summed E-state index contributed by atoms with van der Waals surface area (Å²) in [4.78, 5) is 14.3. The quantitative estimate of drug-likeness (QED) is 0.792. The maximum atomic E-state index is 12.3. The molecule has 0 bridgehead atoms. The molecular formula is C13H24N2O. The Bertz CT molecular complexity index is 263. The molecule has 1 aliphatic carbocycles. The summed E-state index contributed by atoms with van der Waals surface area (Å²) >= 11 is 0. The molecule has 0 aromatic rings. The van der Waals surface area contributed by atoms with Crippen molar-refractivity contribution in [3.05, 3.63) is 0 Å². The molecule has 92 valence electrons. The van der Waals surface area contributed by atoms with E-state index in [9.17, 15) is 4.79 Å². The van der Waals surface area contributed by atoms with Crippen molar-refractivity contribution >= 4 is 5.91 Å². The molecule has 1 amide bonds. The number of carbonyl (C=O) groups excluding carboxylic acids is 1. The van der Waals surface area contributed by atoms with Gasteiger partial charge in [0.15, 0.2) is 0 Å². The van der Waals surface area contributed by atoms with Crippen LogP contribution >= 0.6 is 0 Å². The largest absolute Gasteiger partial charge is 0.342 e. The van der Waals surface area contributed by atoms with E-state index in [4.69, 9.17) is 0 Å². The van der Waals surface area contributed by atoms with Crippen molar-refractivity contribution in [2.45, 2.75) is 58.5 Å². The number of nitrogens with zero attached hydrogens (tertiary/aromatic N) is 1. The van der Waals surface area contributed by atoms with Gasteiger partial charge in [-0.3, -0.25) is 4.79 Å². The van der Waals surface area contributed by atoms with Gasteiger partial charge in [0, 0.05) is 30.6 Å². The number of rotatable bonds is 3. The molecule has 1 saturated carbocycles. The van der Waals surface area contributed by atoms with Gasteiger partial charge in [0.05, 0.1) is 0 Å². The standard InChI is InChI=1S/C13H24N2O/c1-10(2)14-11-8-13(3,9-11)12(16)15-6-4-5-7-15/h10-11,14H,4-9H2,1-3H3/t11-,13+. The van der Waals surface area contributed by atoms with Gasteiger partial charge < -0.3 is 10.2 Å². The van der Waals surface area contributed by atoms with E-state index in [-0.39, 0.29) is 5.41 Å². The third-order valence-corrected chi connectivity index (χ3v) is 3.87. The summed E-state index contributed by atoms with van der Waals surface area (Å²) < 4.78 is 0. The highest BCUT2D eigenvalue weighted by atomic mass is 16.2. The lowest BCUT2D eigenvalue weighted by Crippen LogP contribution is -2.56. The third-order valence-electron chi connectivity index (χ3n) is 3.87. The fourth-order valence-electron chi connectivity index (χ4n) is 3.09. The summed E-state index contributed by atoms with van der Waals surface area (Å²) in [6.07, 6.45) is 4.41. The molecule has 0 unspecified atom stereocenters. The molecule has 2 fully saturated rings. The van der Waals surface area contributed by atoms with E-state index >= 15 is 0 Å². The molecule has 0 radical (unpaired) electrons. The lowest BCUT2D eigenvalue weighted by Gasteiger charge is -2.46. The van der Waals surface area contributed by atoms with Crippen molar-refractivity contribution in [1.82, 2.24) is 10.2 Å². The number of carbonyl (C=O) groups is 1. The first kappa shape index (κ1) is 11.9. The molecule has 2 rings (SSSR count). The summed E-state index contributed by atoms with van der Waals surface area (Å²) in [5.41, 5.74) is -0.0725. The number of amides is 1. The second-order valence-corrected chi connectivity index (χ2v) is 5.99. The molecule has 0 atom stereocenters. The van der Waals surface area contributed by atoms with Gasteiger partial charge in [-0.15, -0.1) is 0 Å². The van der Waals surface area contributed by atoms with Crippen LogP contribution in [0.4, 0.5) is 0 Å². The summed E-state index contributed by atoms with van der Waals surface area (Å²) in [5, 5.41) is 3.51. The number of likely N-dealkylation sites (tertiary alicyclic amines) is 1. The van der Waals surface area contributed by atoms with E-state index < -0.39 is 0 Å². The van der Waals surface area contributed by atoms with Crippen LogP contribution in [0.5, 0.6) is 0 Å². The van der Waals surface area contributed by atoms with Crippen molar-refractivity contribution in [2.75, 3.05) is 13.1 Å². The Kier molecular flexibility index (Phi) is 3.24. The van der Waals surface area contributed by atoms with E-state index in [1.807, 2.05) is 0 Å². The van der Waals surface area contributed by atoms with E-state index in [2.05, 4.69) is 31.0 Å². The highest BCUT2D eigenvalue weighted by Gasteiger charge is 2.48. The van der Waals surface area contributed by atoms with Gasteiger partial charge in [0.1, 0.15) is 0 Å². The zero-order chi connectivity index (χ0) is 11.8. The molecule has 0 spiro atoms. The van der Waals surface area contributed by atoms with Crippen LogP contribution in [-0.2, 0) is 4.79 Å². The molecule has 1 N–H and O–H groups in total. The first-order valence-corrected chi connectivity index (χ1v) is 6.57. The first-order chi connectivity index (χ1) is 7.51. The molecule has 1 saturated heterocycles. The minimum absolute atomic E-state index is 0.0725. The van der Waals surface area contributed by atoms with Crippen molar-refractivity contribution in [3.8, 4) is 0 Å². The molecule has 0 aromatic carbocycles. The average Bonchev–Trinajstić information content (AvgIpc) is 2.65. The van der Waals surface area contributed by atoms with Gasteiger partial charge in [-0.1, -0.05) is 20.8 Å². The molecular weight excluding hydrogens is 200 g/mol. The number of nitrogens with one attached hydrogen (secondary N) is 1. The second-order valence-electron chi connectivity index (χ2n) is 5.99. The normalized spacial score (nSPS) is 34.2. The van der Waals surface area contributed by atoms with Crippen molar-refractivity contribution in [2.24, 2.45) is 5.41 Å². The smallest absolute Gasteiger partial charge is 0.228 e. The van der Waals surface area contributed by atoms with Crippen LogP contribution < -0.4 is 5.32 Å². The zero-order valence-corrected chi connectivity index (χ0v) is 10.8. The Morgan fingerprint density at radius 2 is 1.88 bits per heavy atom. The van der Waals surface area contributed by atoms with Crippen LogP contribution in [0, 0.1) is 5.41 Å². The monoisotopic (exact) mass is 224 g/mol. The minimum Gasteiger partial charge on any atom is -0.342 e. The van der Waals surface area contributed by atoms with E-state index in [1.54, 1.807) is 0 Å². The fraction of sp³-hybridized carbons (Fsp3) is 0.923. The summed E-state index contributed by atoms with van der Waals surface area (Å²) in [7, 11) is 0. The van der Waals surface area contributed by atoms with E-state index in [1.165, 1.54) is 12.8 Å². The highest BCUT2D eigenvalue weighted by molar-refractivity contribution is 5.83. The van der Waals surface area contributed by atoms with Crippen LogP contribution in [0.2, 0.25) is 0 Å². The summed E-state index contributed by atoms with van der Waals surface area (Å²) in [6.45, 7) is 8.43. The van der Waals surface area contributed by atoms with Crippen molar-refractivity contribution in [1.29, 1.82) is 0 Å². The molecule has 1 aliphatic heterocycles. The van der Waals surface area contributed by atoms with Gasteiger partial charge in [0.25, 0.3) is 0 Å². The second kappa shape index (κ2) is 4.36. The predicted molar refractivity (Wildman–Crippen MR) is 65.2 cm³/mol. The lowest BCUT2D eigenvalue weighted by molar-refractivity contribution is -0.146. The van der Waals surface area contributed by atoms with Gasteiger partial charge in [-0.25, -0.2) is 0 Å². The Morgan fingerprint density at radius 1 is 1.31 bits per heavy atom. The average molecular weight is 224 g/mol. The molecule has 3 heteroatoms. The highest BCUT2D eigenvalue weighted by Crippen LogP contribution is 2.42. The van der Waals surface area contributed by atoms with Crippen molar-refractivity contribution < 1.29 is 4.79 Å². The van der Waals surface area contributed by atoms with E-state index in [0.29, 0.717) is 18.0 Å². The van der Waals surface area contributed by atoms with Crippen LogP contribution in [0.3, 0.4) is 0 Å². The Morgan fingerprint density at radius 3 is 2.38 bits per heavy atom. The third kappa shape index (κ3) is 2.24. The Hall–Kier alpha value is -0.570. The Balaban J connectivity index is 1.84. The van der Waals surface area contributed by atoms with Gasteiger partial charge >= 0.3 is 0 Å². The van der Waals surface area contributed by atoms with Crippen LogP contribution in [0.15, 0.2) is 0 Å². The summed E-state index contributed by atoms with van der Waals surface area (Å²) in [6, 6.07) is 1.08. The van der Waals surface area contributed by atoms with Crippen LogP contribution in [0.1, 0.15) is 46.5 Å². The lowest BCUT2D eigenvalue weighted by atomic mass is 9.65. The topological polar surface area (TPSA) is 32.3 Å². The molecule has 1 heterocycles. The predicted octanol–water partition coefficient (Wildman–Crippen LogP) is 1.78. The zero-order valence-electron chi connectivity index (χ0n) is 10.8. The maximum absolute atomic E-state index is 12.3. The Labute approximate surface area is 98.6 Å². The first-order valence-electron chi connectivity index (χ1n) is 6.57. The summed E-state index contributed by atoms with van der Waals surface area (Å²) in [5.74, 6) is 0.395. The molecule has 3 nitrogen and oxygen atoms in total. The van der Waals surface area contributed by atoms with Crippen LogP contribution in [-0.4, -0.2) is 36.0 Å². The molecule has 0 aromatic heterocycles. The fourth-order valence-corrected chi connectivity index (χ4v) is 3.09. The number of hydrogen-bond acceptors (Lipinski definition) is 2. The van der Waals surface area contributed by atoms with Crippen LogP contribution in [0.25, 0.3) is 0 Å². The van der Waals surface area contributed by atoms with Crippen molar-refractivity contribution in [3.63, 3.8) is 0 Å². The van der Waals surface area contributed by atoms with Gasteiger partial charge in [0.2, 0.25) is 5.91 Å². The molecule has 2 aliphatic rings. The SMILES string of the molecule is CC(C)N[C@H]1C[C@@](C)(C(=O)N2CCCC2)C1. The number of hydrogen-bond donors (Lipinski definition) is 1. The minimum atomic E-state index is -0.0725. The maximum Gasteiger partial charge on any atom is 0.228 e. The van der Waals surface area contributed by atoms with E-state index in [0.717, 1.165) is 25.9 Å². The van der Waals surface area contributed by atoms with Gasteiger partial charge in [-0.05, 0) is 25.7 Å². The molecule has 16 heavy (non-hydrogen) atoms.